The van der Waals surface area contributed by atoms with E-state index >= 15 is 0 Å². The van der Waals surface area contributed by atoms with Gasteiger partial charge >= 0.3 is 5.97 Å². The lowest BCUT2D eigenvalue weighted by atomic mass is 9.40. The molecule has 2 heterocycles. The Hall–Kier alpha value is -1.32. The molecule has 0 aromatic heterocycles. The average Bonchev–Trinajstić information content (AvgIpc) is 2.78. The Labute approximate surface area is 208 Å². The van der Waals surface area contributed by atoms with E-state index in [-0.39, 0.29) is 13.0 Å². The van der Waals surface area contributed by atoms with Crippen LogP contribution in [0.1, 0.15) is 73.1 Å². The third-order valence-corrected chi connectivity index (χ3v) is 9.79. The number of nitrogens with zero attached hydrogens (tertiary/aromatic N) is 1. The SMILES string of the molecule is C=C[C@@]1(C)CC(=O)[C@]2(O)[C@@]3(C)[C@@H](O)CCC(C)(C)[C@@H]3[C@H](O)[C@H](OC(=O)CN3CCCCC3)[C@@]2(C)O1. The van der Waals surface area contributed by atoms with Crippen molar-refractivity contribution < 1.29 is 34.4 Å². The van der Waals surface area contributed by atoms with Crippen molar-refractivity contribution in [2.24, 2.45) is 16.7 Å². The second kappa shape index (κ2) is 8.62. The Balaban J connectivity index is 1.81. The van der Waals surface area contributed by atoms with Crippen molar-refractivity contribution in [2.75, 3.05) is 19.6 Å². The minimum atomic E-state index is -2.19. The second-order valence-corrected chi connectivity index (χ2v) is 12.6. The molecule has 0 aromatic rings. The smallest absolute Gasteiger partial charge is 0.320 e. The molecule has 2 saturated carbocycles. The summed E-state index contributed by atoms with van der Waals surface area (Å²) in [6.07, 6.45) is 1.86. The molecule has 2 aliphatic carbocycles. The summed E-state index contributed by atoms with van der Waals surface area (Å²) < 4.78 is 12.4. The number of esters is 1. The van der Waals surface area contributed by atoms with E-state index < -0.39 is 63.6 Å². The first-order valence-corrected chi connectivity index (χ1v) is 13.0. The van der Waals surface area contributed by atoms with Crippen molar-refractivity contribution >= 4 is 11.8 Å². The summed E-state index contributed by atoms with van der Waals surface area (Å²) in [7, 11) is 0. The summed E-state index contributed by atoms with van der Waals surface area (Å²) in [6.45, 7) is 14.3. The molecule has 4 rings (SSSR count). The van der Waals surface area contributed by atoms with Crippen LogP contribution in [-0.2, 0) is 19.1 Å². The average molecular weight is 494 g/mol. The van der Waals surface area contributed by atoms with E-state index in [0.717, 1.165) is 32.4 Å². The molecule has 8 heteroatoms. The predicted molar refractivity (Wildman–Crippen MR) is 129 cm³/mol. The molecule has 198 valence electrons. The fraction of sp³-hybridized carbons (Fsp3) is 0.852. The number of aliphatic hydroxyl groups excluding tert-OH is 2. The van der Waals surface area contributed by atoms with Crippen LogP contribution in [0.2, 0.25) is 0 Å². The maximum absolute atomic E-state index is 13.9. The maximum atomic E-state index is 13.9. The molecular weight excluding hydrogens is 450 g/mol. The minimum Gasteiger partial charge on any atom is -0.455 e. The van der Waals surface area contributed by atoms with Gasteiger partial charge in [-0.3, -0.25) is 14.5 Å². The number of carbonyl (C=O) groups excluding carboxylic acids is 2. The second-order valence-electron chi connectivity index (χ2n) is 12.6. The van der Waals surface area contributed by atoms with E-state index in [1.165, 1.54) is 13.0 Å². The zero-order chi connectivity index (χ0) is 26.0. The highest BCUT2D eigenvalue weighted by atomic mass is 16.6. The summed E-state index contributed by atoms with van der Waals surface area (Å²) in [6, 6.07) is 0. The molecule has 3 N–H and O–H groups in total. The first kappa shape index (κ1) is 26.7. The molecule has 0 aromatic carbocycles. The largest absolute Gasteiger partial charge is 0.455 e. The van der Waals surface area contributed by atoms with E-state index in [2.05, 4.69) is 6.58 Å². The van der Waals surface area contributed by atoms with Crippen molar-refractivity contribution in [2.45, 2.75) is 108 Å². The Morgan fingerprint density at radius 1 is 1.17 bits per heavy atom. The molecule has 0 unspecified atom stereocenters. The minimum absolute atomic E-state index is 0.0678. The van der Waals surface area contributed by atoms with Gasteiger partial charge in [-0.2, -0.15) is 0 Å². The van der Waals surface area contributed by atoms with E-state index in [0.29, 0.717) is 12.8 Å². The lowest BCUT2D eigenvalue weighted by molar-refractivity contribution is -0.370. The Morgan fingerprint density at radius 3 is 2.40 bits per heavy atom. The summed E-state index contributed by atoms with van der Waals surface area (Å²) in [4.78, 5) is 29.1. The van der Waals surface area contributed by atoms with Gasteiger partial charge in [-0.15, -0.1) is 6.58 Å². The first-order valence-electron chi connectivity index (χ1n) is 13.0. The molecule has 0 radical (unpaired) electrons. The van der Waals surface area contributed by atoms with Crippen LogP contribution in [0.5, 0.6) is 0 Å². The van der Waals surface area contributed by atoms with Crippen LogP contribution < -0.4 is 0 Å². The molecule has 8 nitrogen and oxygen atoms in total. The molecule has 8 atom stereocenters. The fourth-order valence-corrected chi connectivity index (χ4v) is 7.96. The number of piperidine rings is 1. The molecule has 2 saturated heterocycles. The number of ether oxygens (including phenoxy) is 2. The van der Waals surface area contributed by atoms with Gasteiger partial charge in [0.1, 0.15) is 5.60 Å². The van der Waals surface area contributed by atoms with Gasteiger partial charge in [0.25, 0.3) is 0 Å². The monoisotopic (exact) mass is 493 g/mol. The van der Waals surface area contributed by atoms with Crippen LogP contribution >= 0.6 is 0 Å². The highest BCUT2D eigenvalue weighted by Gasteiger charge is 2.81. The zero-order valence-electron chi connectivity index (χ0n) is 21.9. The number of hydrogen-bond acceptors (Lipinski definition) is 8. The van der Waals surface area contributed by atoms with E-state index in [4.69, 9.17) is 9.47 Å². The van der Waals surface area contributed by atoms with Crippen LogP contribution in [0, 0.1) is 16.7 Å². The zero-order valence-corrected chi connectivity index (χ0v) is 21.9. The van der Waals surface area contributed by atoms with Crippen LogP contribution in [0.3, 0.4) is 0 Å². The van der Waals surface area contributed by atoms with Crippen molar-refractivity contribution in [3.63, 3.8) is 0 Å². The number of likely N-dealkylation sites (tertiary alicyclic amines) is 1. The third-order valence-electron chi connectivity index (χ3n) is 9.79. The highest BCUT2D eigenvalue weighted by Crippen LogP contribution is 2.67. The highest BCUT2D eigenvalue weighted by molar-refractivity contribution is 5.92. The van der Waals surface area contributed by atoms with Crippen molar-refractivity contribution in [3.8, 4) is 0 Å². The quantitative estimate of drug-likeness (QED) is 0.402. The van der Waals surface area contributed by atoms with Gasteiger partial charge in [0, 0.05) is 17.8 Å². The Kier molecular flexibility index (Phi) is 6.59. The standard InChI is InChI=1S/C27H43NO7/c1-7-24(4)15-18(30)27(33)25(5)17(29)11-12-23(2,3)21(25)20(32)22(26(27,6)35-24)34-19(31)16-28-13-9-8-10-14-28/h7,17,20-22,29,32-33H,1,8-16H2,2-6H3/t17-,20-,21-,22-,24-,25-,26+,27-/m0/s1. The number of rotatable bonds is 4. The van der Waals surface area contributed by atoms with Gasteiger partial charge in [0.2, 0.25) is 0 Å². The summed E-state index contributed by atoms with van der Waals surface area (Å²) >= 11 is 0. The van der Waals surface area contributed by atoms with Gasteiger partial charge in [0.05, 0.1) is 24.4 Å². The molecular formula is C27H43NO7. The number of aliphatic hydroxyl groups is 3. The summed E-state index contributed by atoms with van der Waals surface area (Å²) in [5, 5.41) is 35.6. The lowest BCUT2D eigenvalue weighted by Crippen LogP contribution is -2.86. The lowest BCUT2D eigenvalue weighted by Gasteiger charge is -2.71. The number of carbonyl (C=O) groups is 2. The van der Waals surface area contributed by atoms with E-state index in [1.807, 2.05) is 18.7 Å². The number of fused-ring (bicyclic) bond motifs is 3. The van der Waals surface area contributed by atoms with Crippen molar-refractivity contribution in [3.05, 3.63) is 12.7 Å². The first-order chi connectivity index (χ1) is 16.2. The number of ketones is 1. The van der Waals surface area contributed by atoms with Crippen LogP contribution in [0.25, 0.3) is 0 Å². The molecule has 0 spiro atoms. The van der Waals surface area contributed by atoms with E-state index in [9.17, 15) is 24.9 Å². The fourth-order valence-electron chi connectivity index (χ4n) is 7.96. The predicted octanol–water partition coefficient (Wildman–Crippen LogP) is 1.99. The van der Waals surface area contributed by atoms with Crippen molar-refractivity contribution in [1.29, 1.82) is 0 Å². The van der Waals surface area contributed by atoms with Crippen LogP contribution in [0.15, 0.2) is 12.7 Å². The van der Waals surface area contributed by atoms with Crippen LogP contribution in [0.4, 0.5) is 0 Å². The van der Waals surface area contributed by atoms with Gasteiger partial charge < -0.3 is 24.8 Å². The van der Waals surface area contributed by atoms with Gasteiger partial charge in [-0.05, 0) is 58.0 Å². The van der Waals surface area contributed by atoms with Gasteiger partial charge in [-0.1, -0.05) is 33.3 Å². The maximum Gasteiger partial charge on any atom is 0.320 e. The van der Waals surface area contributed by atoms with Crippen molar-refractivity contribution in [1.82, 2.24) is 4.90 Å². The molecule has 4 aliphatic rings. The molecule has 4 fully saturated rings. The molecule has 35 heavy (non-hydrogen) atoms. The number of Topliss-reactive ketones (excluding diaryl/α,β-unsaturated/α-hetero) is 1. The Bertz CT molecular complexity index is 885. The topological polar surface area (TPSA) is 117 Å². The molecule has 0 bridgehead atoms. The molecule has 0 amide bonds. The normalized spacial score (nSPS) is 47.9. The third kappa shape index (κ3) is 3.74. The van der Waals surface area contributed by atoms with Gasteiger partial charge in [0.15, 0.2) is 17.5 Å². The van der Waals surface area contributed by atoms with Gasteiger partial charge in [-0.25, -0.2) is 0 Å². The summed E-state index contributed by atoms with van der Waals surface area (Å²) in [5.41, 5.74) is -7.09. The van der Waals surface area contributed by atoms with E-state index in [1.54, 1.807) is 13.8 Å². The molecule has 2 aliphatic heterocycles. The van der Waals surface area contributed by atoms with Crippen LogP contribution in [-0.4, -0.2) is 86.7 Å². The number of hydrogen-bond donors (Lipinski definition) is 3. The Morgan fingerprint density at radius 2 is 1.80 bits per heavy atom. The summed E-state index contributed by atoms with van der Waals surface area (Å²) in [5.74, 6) is -1.74.